The van der Waals surface area contributed by atoms with Crippen LogP contribution in [0, 0.1) is 0 Å². The molecule has 0 aliphatic carbocycles. The summed E-state index contributed by atoms with van der Waals surface area (Å²) in [6.45, 7) is 1.11. The van der Waals surface area contributed by atoms with Crippen molar-refractivity contribution in [2.45, 2.75) is 6.54 Å². The average Bonchev–Trinajstić information content (AvgIpc) is 2.99. The summed E-state index contributed by atoms with van der Waals surface area (Å²) in [5, 5.41) is 6.88. The fourth-order valence-electron chi connectivity index (χ4n) is 2.15. The van der Waals surface area contributed by atoms with Crippen LogP contribution >= 0.6 is 11.3 Å². The van der Waals surface area contributed by atoms with Crippen molar-refractivity contribution in [3.63, 3.8) is 0 Å². The lowest BCUT2D eigenvalue weighted by molar-refractivity contribution is -0.885. The molecular formula is C16H19N2O3S+. The molecule has 1 aromatic carbocycles. The minimum atomic E-state index is -0.463. The van der Waals surface area contributed by atoms with E-state index in [2.05, 4.69) is 16.8 Å². The first-order valence-electron chi connectivity index (χ1n) is 6.89. The summed E-state index contributed by atoms with van der Waals surface area (Å²) in [7, 11) is 3.28. The van der Waals surface area contributed by atoms with Gasteiger partial charge in [-0.25, -0.2) is 4.79 Å². The number of amides is 1. The zero-order valence-corrected chi connectivity index (χ0v) is 13.4. The van der Waals surface area contributed by atoms with Gasteiger partial charge in [-0.1, -0.05) is 12.1 Å². The zero-order valence-electron chi connectivity index (χ0n) is 12.6. The first kappa shape index (κ1) is 16.2. The van der Waals surface area contributed by atoms with Crippen LogP contribution in [0.3, 0.4) is 0 Å². The number of benzene rings is 1. The van der Waals surface area contributed by atoms with E-state index in [1.54, 1.807) is 35.6 Å². The molecule has 5 nitrogen and oxygen atoms in total. The van der Waals surface area contributed by atoms with Crippen LogP contribution in [0.4, 0.5) is 5.69 Å². The minimum Gasteiger partial charge on any atom is -0.465 e. The number of nitrogens with one attached hydrogen (secondary N) is 2. The van der Waals surface area contributed by atoms with E-state index in [9.17, 15) is 9.59 Å². The maximum absolute atomic E-state index is 12.1. The minimum absolute atomic E-state index is 0.135. The highest BCUT2D eigenvalue weighted by Crippen LogP contribution is 2.15. The Balaban J connectivity index is 1.96. The predicted octanol–water partition coefficient (Wildman–Crippen LogP) is 1.19. The molecule has 116 valence electrons. The highest BCUT2D eigenvalue weighted by Gasteiger charge is 2.15. The molecule has 0 saturated heterocycles. The van der Waals surface area contributed by atoms with Gasteiger partial charge in [-0.05, 0) is 29.0 Å². The number of anilines is 1. The van der Waals surface area contributed by atoms with Gasteiger partial charge in [0.15, 0.2) is 6.54 Å². The summed E-state index contributed by atoms with van der Waals surface area (Å²) in [5.41, 5.74) is 2.04. The summed E-state index contributed by atoms with van der Waals surface area (Å²) >= 11 is 1.65. The van der Waals surface area contributed by atoms with Gasteiger partial charge in [0.1, 0.15) is 6.54 Å². The summed E-state index contributed by atoms with van der Waals surface area (Å²) < 4.78 is 4.72. The summed E-state index contributed by atoms with van der Waals surface area (Å²) in [4.78, 5) is 24.9. The van der Waals surface area contributed by atoms with E-state index >= 15 is 0 Å². The topological polar surface area (TPSA) is 59.8 Å². The van der Waals surface area contributed by atoms with Gasteiger partial charge in [0.05, 0.1) is 25.4 Å². The van der Waals surface area contributed by atoms with E-state index in [1.165, 1.54) is 12.7 Å². The van der Waals surface area contributed by atoms with Crippen LogP contribution in [0.5, 0.6) is 0 Å². The largest absolute Gasteiger partial charge is 0.465 e. The van der Waals surface area contributed by atoms with E-state index in [0.29, 0.717) is 17.8 Å². The van der Waals surface area contributed by atoms with Crippen molar-refractivity contribution in [1.29, 1.82) is 0 Å². The van der Waals surface area contributed by atoms with Gasteiger partial charge in [0.2, 0.25) is 0 Å². The number of carbonyl (C=O) groups excluding carboxylic acids is 2. The van der Waals surface area contributed by atoms with Crippen molar-refractivity contribution in [3.8, 4) is 0 Å². The Kier molecular flexibility index (Phi) is 5.68. The second-order valence-electron chi connectivity index (χ2n) is 5.03. The second-order valence-corrected chi connectivity index (χ2v) is 5.81. The normalized spacial score (nSPS) is 11.7. The maximum atomic E-state index is 12.1. The van der Waals surface area contributed by atoms with Crippen LogP contribution in [0.15, 0.2) is 41.1 Å². The van der Waals surface area contributed by atoms with Gasteiger partial charge in [-0.3, -0.25) is 4.79 Å². The lowest BCUT2D eigenvalue weighted by Crippen LogP contribution is -3.08. The standard InChI is InChI=1S/C16H18N2O3S/c1-18(9-12-7-8-22-11-12)10-15(19)17-14-6-4-3-5-13(14)16(20)21-2/h3-8,11H,9-10H2,1-2H3,(H,17,19)/p+1. The van der Waals surface area contributed by atoms with E-state index in [4.69, 9.17) is 4.74 Å². The Labute approximate surface area is 133 Å². The molecule has 2 rings (SSSR count). The third kappa shape index (κ3) is 4.41. The number of ether oxygens (including phenoxy) is 1. The molecule has 0 radical (unpaired) electrons. The van der Waals surface area contributed by atoms with E-state index in [0.717, 1.165) is 11.4 Å². The Bertz CT molecular complexity index is 641. The number of thiophene rings is 1. The Morgan fingerprint density at radius 3 is 2.73 bits per heavy atom. The monoisotopic (exact) mass is 319 g/mol. The number of quaternary nitrogens is 1. The quantitative estimate of drug-likeness (QED) is 0.786. The first-order chi connectivity index (χ1) is 10.6. The van der Waals surface area contributed by atoms with Gasteiger partial charge >= 0.3 is 5.97 Å². The molecule has 0 bridgehead atoms. The van der Waals surface area contributed by atoms with Crippen LogP contribution in [-0.2, 0) is 16.1 Å². The number of likely N-dealkylation sites (N-methyl/N-ethyl adjacent to an activating group) is 1. The Hall–Kier alpha value is -2.18. The number of para-hydroxylation sites is 1. The molecule has 2 aromatic rings. The van der Waals surface area contributed by atoms with Gasteiger partial charge in [-0.2, -0.15) is 11.3 Å². The average molecular weight is 319 g/mol. The first-order valence-corrected chi connectivity index (χ1v) is 7.84. The molecule has 22 heavy (non-hydrogen) atoms. The number of carbonyl (C=O) groups is 2. The summed E-state index contributed by atoms with van der Waals surface area (Å²) in [5.74, 6) is -0.598. The Morgan fingerprint density at radius 2 is 2.05 bits per heavy atom. The highest BCUT2D eigenvalue weighted by atomic mass is 32.1. The fourth-order valence-corrected chi connectivity index (χ4v) is 2.82. The third-order valence-electron chi connectivity index (χ3n) is 3.15. The number of hydrogen-bond donors (Lipinski definition) is 2. The lowest BCUT2D eigenvalue weighted by Gasteiger charge is -2.14. The Morgan fingerprint density at radius 1 is 1.27 bits per heavy atom. The van der Waals surface area contributed by atoms with Gasteiger partial charge < -0.3 is 15.0 Å². The maximum Gasteiger partial charge on any atom is 0.339 e. The molecule has 0 saturated carbocycles. The fraction of sp³-hybridized carbons (Fsp3) is 0.250. The van der Waals surface area contributed by atoms with Crippen molar-refractivity contribution in [2.75, 3.05) is 26.0 Å². The van der Waals surface area contributed by atoms with Crippen molar-refractivity contribution in [3.05, 3.63) is 52.2 Å². The SMILES string of the molecule is COC(=O)c1ccccc1NC(=O)C[NH+](C)Cc1ccsc1. The zero-order chi connectivity index (χ0) is 15.9. The van der Waals surface area contributed by atoms with Crippen LogP contribution in [0.25, 0.3) is 0 Å². The van der Waals surface area contributed by atoms with Crippen molar-refractivity contribution in [2.24, 2.45) is 0 Å². The molecule has 0 spiro atoms. The molecule has 1 aromatic heterocycles. The smallest absolute Gasteiger partial charge is 0.339 e. The van der Waals surface area contributed by atoms with E-state index in [1.807, 2.05) is 12.4 Å². The van der Waals surface area contributed by atoms with Gasteiger partial charge in [-0.15, -0.1) is 0 Å². The van der Waals surface area contributed by atoms with Crippen LogP contribution in [-0.4, -0.2) is 32.6 Å². The van der Waals surface area contributed by atoms with E-state index in [-0.39, 0.29) is 5.91 Å². The van der Waals surface area contributed by atoms with Crippen molar-refractivity contribution in [1.82, 2.24) is 0 Å². The third-order valence-corrected chi connectivity index (χ3v) is 3.89. The highest BCUT2D eigenvalue weighted by molar-refractivity contribution is 7.07. The summed E-state index contributed by atoms with van der Waals surface area (Å²) in [6.07, 6.45) is 0. The molecular weight excluding hydrogens is 300 g/mol. The number of methoxy groups -OCH3 is 1. The molecule has 1 heterocycles. The van der Waals surface area contributed by atoms with Crippen molar-refractivity contribution >= 4 is 28.9 Å². The van der Waals surface area contributed by atoms with Crippen LogP contribution in [0.1, 0.15) is 15.9 Å². The second kappa shape index (κ2) is 7.72. The number of hydrogen-bond acceptors (Lipinski definition) is 4. The predicted molar refractivity (Wildman–Crippen MR) is 86.2 cm³/mol. The number of esters is 1. The molecule has 1 unspecified atom stereocenters. The molecule has 2 N–H and O–H groups in total. The molecule has 0 fully saturated rings. The molecule has 1 atom stereocenters. The van der Waals surface area contributed by atoms with Crippen LogP contribution < -0.4 is 10.2 Å². The summed E-state index contributed by atoms with van der Waals surface area (Å²) in [6, 6.07) is 8.88. The lowest BCUT2D eigenvalue weighted by atomic mass is 10.2. The van der Waals surface area contributed by atoms with E-state index < -0.39 is 5.97 Å². The van der Waals surface area contributed by atoms with Gasteiger partial charge in [0.25, 0.3) is 5.91 Å². The molecule has 0 aliphatic heterocycles. The van der Waals surface area contributed by atoms with Crippen LogP contribution in [0.2, 0.25) is 0 Å². The molecule has 0 aliphatic rings. The number of rotatable bonds is 6. The molecule has 1 amide bonds. The van der Waals surface area contributed by atoms with Gasteiger partial charge in [0, 0.05) is 5.56 Å². The molecule has 6 heteroatoms. The van der Waals surface area contributed by atoms with Crippen molar-refractivity contribution < 1.29 is 19.2 Å².